The van der Waals surface area contributed by atoms with Crippen LogP contribution in [-0.2, 0) is 9.53 Å². The Morgan fingerprint density at radius 3 is 2.50 bits per heavy atom. The maximum atomic E-state index is 10.5. The predicted molar refractivity (Wildman–Crippen MR) is 40.1 cm³/mol. The normalized spacial score (nSPS) is 12.9. The number of rotatable bonds is 2. The first-order chi connectivity index (χ1) is 3.72. The fourth-order valence-corrected chi connectivity index (χ4v) is 0.624. The molecule has 1 atom stereocenters. The van der Waals surface area contributed by atoms with Gasteiger partial charge >= 0.3 is 5.97 Å². The third-order valence-electron chi connectivity index (χ3n) is 0.835. The van der Waals surface area contributed by atoms with E-state index in [2.05, 4.69) is 27.3 Å². The zero-order valence-electron chi connectivity index (χ0n) is 4.98. The zero-order valence-corrected chi connectivity index (χ0v) is 7.14. The van der Waals surface area contributed by atoms with Gasteiger partial charge in [-0.15, -0.1) is 0 Å². The van der Waals surface area contributed by atoms with Gasteiger partial charge < -0.3 is 4.74 Å². The van der Waals surface area contributed by atoms with Crippen molar-refractivity contribution < 1.29 is 9.53 Å². The van der Waals surface area contributed by atoms with Crippen molar-refractivity contribution in [3.05, 3.63) is 0 Å². The van der Waals surface area contributed by atoms with Crippen LogP contribution >= 0.6 is 22.6 Å². The number of esters is 1. The molecular formula is C5H9IO2. The third kappa shape index (κ3) is 2.49. The van der Waals surface area contributed by atoms with E-state index in [1.165, 1.54) is 7.11 Å². The quantitative estimate of drug-likeness (QED) is 0.403. The molecule has 0 aromatic carbocycles. The van der Waals surface area contributed by atoms with Crippen LogP contribution in [0.5, 0.6) is 0 Å². The second kappa shape index (κ2) is 4.12. The fraction of sp³-hybridized carbons (Fsp3) is 0.800. The number of halogens is 1. The van der Waals surface area contributed by atoms with Gasteiger partial charge in [0.2, 0.25) is 0 Å². The van der Waals surface area contributed by atoms with Gasteiger partial charge in [-0.25, -0.2) is 0 Å². The van der Waals surface area contributed by atoms with Crippen LogP contribution in [0.1, 0.15) is 6.92 Å². The lowest BCUT2D eigenvalue weighted by Gasteiger charge is -2.01. The number of hydrogen-bond donors (Lipinski definition) is 0. The van der Waals surface area contributed by atoms with Crippen LogP contribution in [0.3, 0.4) is 0 Å². The van der Waals surface area contributed by atoms with Crippen molar-refractivity contribution in [1.82, 2.24) is 0 Å². The molecule has 0 N–H and O–H groups in total. The summed E-state index contributed by atoms with van der Waals surface area (Å²) in [6.07, 6.45) is 0. The minimum atomic E-state index is -0.126. The summed E-state index contributed by atoms with van der Waals surface area (Å²) in [7, 11) is 1.41. The SMILES string of the molecule is COC(=O)[C@H](C)CI. The summed E-state index contributed by atoms with van der Waals surface area (Å²) >= 11 is 2.15. The highest BCUT2D eigenvalue weighted by molar-refractivity contribution is 14.1. The molecule has 48 valence electrons. The van der Waals surface area contributed by atoms with Crippen LogP contribution < -0.4 is 0 Å². The number of methoxy groups -OCH3 is 1. The Bertz CT molecular complexity index is 82.5. The van der Waals surface area contributed by atoms with Crippen LogP contribution in [0, 0.1) is 5.92 Å². The van der Waals surface area contributed by atoms with Crippen LogP contribution in [-0.4, -0.2) is 17.5 Å². The fourth-order valence-electron chi connectivity index (χ4n) is 0.264. The van der Waals surface area contributed by atoms with E-state index in [0.29, 0.717) is 0 Å². The molecule has 0 saturated heterocycles. The van der Waals surface area contributed by atoms with Gasteiger partial charge in [0.1, 0.15) is 0 Å². The van der Waals surface area contributed by atoms with Crippen LogP contribution in [0.4, 0.5) is 0 Å². The van der Waals surface area contributed by atoms with Crippen LogP contribution in [0.25, 0.3) is 0 Å². The van der Waals surface area contributed by atoms with E-state index < -0.39 is 0 Å². The Morgan fingerprint density at radius 1 is 1.88 bits per heavy atom. The molecule has 0 rings (SSSR count). The largest absolute Gasteiger partial charge is 0.469 e. The minimum Gasteiger partial charge on any atom is -0.469 e. The van der Waals surface area contributed by atoms with Crippen molar-refractivity contribution in [3.63, 3.8) is 0 Å². The van der Waals surface area contributed by atoms with E-state index in [1.807, 2.05) is 6.92 Å². The van der Waals surface area contributed by atoms with E-state index in [0.717, 1.165) is 4.43 Å². The van der Waals surface area contributed by atoms with E-state index in [1.54, 1.807) is 0 Å². The molecule has 0 aliphatic heterocycles. The Labute approximate surface area is 62.7 Å². The minimum absolute atomic E-state index is 0.0422. The molecule has 2 nitrogen and oxygen atoms in total. The number of carbonyl (C=O) groups is 1. The summed E-state index contributed by atoms with van der Waals surface area (Å²) in [5, 5.41) is 0. The lowest BCUT2D eigenvalue weighted by Crippen LogP contribution is -2.13. The summed E-state index contributed by atoms with van der Waals surface area (Å²) in [5.74, 6) is -0.0833. The van der Waals surface area contributed by atoms with Gasteiger partial charge in [0, 0.05) is 4.43 Å². The molecule has 0 spiro atoms. The van der Waals surface area contributed by atoms with Gasteiger partial charge in [0.05, 0.1) is 13.0 Å². The van der Waals surface area contributed by atoms with Crippen LogP contribution in [0.2, 0.25) is 0 Å². The van der Waals surface area contributed by atoms with Gasteiger partial charge in [-0.1, -0.05) is 29.5 Å². The van der Waals surface area contributed by atoms with Gasteiger partial charge in [-0.2, -0.15) is 0 Å². The summed E-state index contributed by atoms with van der Waals surface area (Å²) in [6, 6.07) is 0. The van der Waals surface area contributed by atoms with E-state index in [4.69, 9.17) is 0 Å². The lowest BCUT2D eigenvalue weighted by atomic mass is 10.2. The Kier molecular flexibility index (Phi) is 4.22. The zero-order chi connectivity index (χ0) is 6.57. The molecule has 0 saturated carbocycles. The topological polar surface area (TPSA) is 26.3 Å². The summed E-state index contributed by atoms with van der Waals surface area (Å²) in [4.78, 5) is 10.5. The molecule has 0 aromatic rings. The van der Waals surface area contributed by atoms with E-state index in [-0.39, 0.29) is 11.9 Å². The molecule has 0 aliphatic carbocycles. The van der Waals surface area contributed by atoms with Crippen molar-refractivity contribution in [2.75, 3.05) is 11.5 Å². The van der Waals surface area contributed by atoms with Crippen molar-refractivity contribution >= 4 is 28.6 Å². The summed E-state index contributed by atoms with van der Waals surface area (Å²) < 4.78 is 5.28. The number of carbonyl (C=O) groups excluding carboxylic acids is 1. The van der Waals surface area contributed by atoms with E-state index >= 15 is 0 Å². The van der Waals surface area contributed by atoms with Crippen molar-refractivity contribution in [3.8, 4) is 0 Å². The van der Waals surface area contributed by atoms with Crippen molar-refractivity contribution in [1.29, 1.82) is 0 Å². The monoisotopic (exact) mass is 228 g/mol. The molecule has 0 radical (unpaired) electrons. The average Bonchev–Trinajstić information content (AvgIpc) is 1.84. The molecule has 8 heavy (non-hydrogen) atoms. The number of alkyl halides is 1. The maximum Gasteiger partial charge on any atom is 0.309 e. The smallest absolute Gasteiger partial charge is 0.309 e. The molecule has 3 heteroatoms. The van der Waals surface area contributed by atoms with Crippen molar-refractivity contribution in [2.24, 2.45) is 5.92 Å². The van der Waals surface area contributed by atoms with Crippen LogP contribution in [0.15, 0.2) is 0 Å². The Morgan fingerprint density at radius 2 is 2.38 bits per heavy atom. The third-order valence-corrected chi connectivity index (χ3v) is 2.16. The lowest BCUT2D eigenvalue weighted by molar-refractivity contribution is -0.143. The Hall–Kier alpha value is 0.200. The molecule has 0 aliphatic rings. The maximum absolute atomic E-state index is 10.5. The summed E-state index contributed by atoms with van der Waals surface area (Å²) in [5.41, 5.74) is 0. The first-order valence-electron chi connectivity index (χ1n) is 2.36. The second-order valence-electron chi connectivity index (χ2n) is 1.58. The predicted octanol–water partition coefficient (Wildman–Crippen LogP) is 1.23. The molecular weight excluding hydrogens is 219 g/mol. The highest BCUT2D eigenvalue weighted by atomic mass is 127. The Balaban J connectivity index is 3.46. The second-order valence-corrected chi connectivity index (χ2v) is 2.46. The molecule has 0 amide bonds. The van der Waals surface area contributed by atoms with Gasteiger partial charge in [0.25, 0.3) is 0 Å². The standard InChI is InChI=1S/C5H9IO2/c1-4(3-6)5(7)8-2/h4H,3H2,1-2H3/t4-/m1/s1. The van der Waals surface area contributed by atoms with Gasteiger partial charge in [-0.05, 0) is 0 Å². The molecule has 0 fully saturated rings. The number of ether oxygens (including phenoxy) is 1. The number of hydrogen-bond acceptors (Lipinski definition) is 2. The summed E-state index contributed by atoms with van der Waals surface area (Å²) in [6.45, 7) is 1.85. The van der Waals surface area contributed by atoms with E-state index in [9.17, 15) is 4.79 Å². The molecule has 0 bridgehead atoms. The van der Waals surface area contributed by atoms with Gasteiger partial charge in [-0.3, -0.25) is 4.79 Å². The first-order valence-corrected chi connectivity index (χ1v) is 3.88. The highest BCUT2D eigenvalue weighted by Gasteiger charge is 2.09. The van der Waals surface area contributed by atoms with Crippen molar-refractivity contribution in [2.45, 2.75) is 6.92 Å². The molecule has 0 heterocycles. The molecule has 0 aromatic heterocycles. The first kappa shape index (κ1) is 8.20. The van der Waals surface area contributed by atoms with Gasteiger partial charge in [0.15, 0.2) is 0 Å². The highest BCUT2D eigenvalue weighted by Crippen LogP contribution is 2.01. The average molecular weight is 228 g/mol. The molecule has 0 unspecified atom stereocenters.